The second kappa shape index (κ2) is 4.54. The number of rotatable bonds is 3. The van der Waals surface area contributed by atoms with Crippen LogP contribution in [0.5, 0.6) is 0 Å². The Labute approximate surface area is 121 Å². The number of benzene rings is 1. The molecule has 0 saturated heterocycles. The van der Waals surface area contributed by atoms with E-state index < -0.39 is 10.0 Å². The Hall–Kier alpha value is -1.44. The topological polar surface area (TPSA) is 90.9 Å². The molecule has 8 heteroatoms. The highest BCUT2D eigenvalue weighted by Gasteiger charge is 2.33. The van der Waals surface area contributed by atoms with Gasteiger partial charge in [0.25, 0.3) is 15.2 Å². The number of halogens is 1. The molecule has 1 aromatic carbocycles. The minimum atomic E-state index is -3.89. The molecule has 106 valence electrons. The highest BCUT2D eigenvalue weighted by atomic mass is 35.5. The van der Waals surface area contributed by atoms with Crippen LogP contribution in [0.25, 0.3) is 11.4 Å². The standard InChI is InChI=1S/C12H13ClN4O2S/c1-7-2-3-8(6-10(7)13)11-15-16-12(20(14,18)19)17(11)9-4-5-9/h2-3,6,9H,4-5H2,1H3,(H2,14,18,19). The maximum absolute atomic E-state index is 11.6. The van der Waals surface area contributed by atoms with Crippen molar-refractivity contribution in [1.82, 2.24) is 14.8 Å². The third-order valence-corrected chi connectivity index (χ3v) is 4.46. The zero-order valence-corrected chi connectivity index (χ0v) is 12.3. The lowest BCUT2D eigenvalue weighted by molar-refractivity contribution is 0.567. The second-order valence-corrected chi connectivity index (χ2v) is 6.78. The summed E-state index contributed by atoms with van der Waals surface area (Å²) in [5.74, 6) is 0.485. The molecule has 0 atom stereocenters. The molecule has 1 aliphatic carbocycles. The van der Waals surface area contributed by atoms with Gasteiger partial charge in [0.15, 0.2) is 5.82 Å². The molecule has 1 fully saturated rings. The van der Waals surface area contributed by atoms with Gasteiger partial charge >= 0.3 is 0 Å². The van der Waals surface area contributed by atoms with Gasteiger partial charge in [-0.1, -0.05) is 23.7 Å². The third kappa shape index (κ3) is 2.32. The summed E-state index contributed by atoms with van der Waals surface area (Å²) in [6, 6.07) is 5.55. The molecule has 0 unspecified atom stereocenters. The number of hydrogen-bond acceptors (Lipinski definition) is 4. The second-order valence-electron chi connectivity index (χ2n) is 4.92. The van der Waals surface area contributed by atoms with Crippen molar-refractivity contribution >= 4 is 21.6 Å². The summed E-state index contributed by atoms with van der Waals surface area (Å²) >= 11 is 6.11. The monoisotopic (exact) mass is 312 g/mol. The minimum absolute atomic E-state index is 0.0911. The first-order valence-corrected chi connectivity index (χ1v) is 8.04. The highest BCUT2D eigenvalue weighted by Crippen LogP contribution is 2.40. The Bertz CT molecular complexity index is 781. The number of aromatic nitrogens is 3. The smallest absolute Gasteiger partial charge is 0.273 e. The summed E-state index contributed by atoms with van der Waals surface area (Å²) < 4.78 is 24.8. The predicted octanol–water partition coefficient (Wildman–Crippen LogP) is 1.89. The van der Waals surface area contributed by atoms with Crippen molar-refractivity contribution in [2.24, 2.45) is 5.14 Å². The van der Waals surface area contributed by atoms with E-state index in [4.69, 9.17) is 16.7 Å². The van der Waals surface area contributed by atoms with Crippen molar-refractivity contribution in [3.8, 4) is 11.4 Å². The van der Waals surface area contributed by atoms with Gasteiger partial charge in [0.05, 0.1) is 0 Å². The summed E-state index contributed by atoms with van der Waals surface area (Å²) in [4.78, 5) is 0. The molecule has 0 amide bonds. The number of sulfonamides is 1. The molecule has 3 rings (SSSR count). The van der Waals surface area contributed by atoms with E-state index in [0.29, 0.717) is 10.8 Å². The van der Waals surface area contributed by atoms with Gasteiger partial charge in [0, 0.05) is 16.6 Å². The van der Waals surface area contributed by atoms with E-state index in [-0.39, 0.29) is 11.2 Å². The Morgan fingerprint density at radius 1 is 1.35 bits per heavy atom. The van der Waals surface area contributed by atoms with E-state index in [1.807, 2.05) is 19.1 Å². The van der Waals surface area contributed by atoms with E-state index >= 15 is 0 Å². The fraction of sp³-hybridized carbons (Fsp3) is 0.333. The van der Waals surface area contributed by atoms with Crippen molar-refractivity contribution in [3.63, 3.8) is 0 Å². The van der Waals surface area contributed by atoms with Gasteiger partial charge < -0.3 is 0 Å². The van der Waals surface area contributed by atoms with Gasteiger partial charge in [-0.05, 0) is 31.4 Å². The Balaban J connectivity index is 2.19. The van der Waals surface area contributed by atoms with Crippen LogP contribution in [0.3, 0.4) is 0 Å². The molecule has 2 aromatic rings. The fourth-order valence-electron chi connectivity index (χ4n) is 2.06. The van der Waals surface area contributed by atoms with Gasteiger partial charge in [-0.15, -0.1) is 10.2 Å². The first kappa shape index (κ1) is 13.5. The van der Waals surface area contributed by atoms with E-state index in [0.717, 1.165) is 24.0 Å². The van der Waals surface area contributed by atoms with Crippen LogP contribution in [0.15, 0.2) is 23.4 Å². The largest absolute Gasteiger partial charge is 0.294 e. The van der Waals surface area contributed by atoms with Crippen LogP contribution in [0, 0.1) is 6.92 Å². The van der Waals surface area contributed by atoms with Gasteiger partial charge in [0.1, 0.15) is 0 Å². The maximum atomic E-state index is 11.6. The molecule has 2 N–H and O–H groups in total. The maximum Gasteiger partial charge on any atom is 0.273 e. The lowest BCUT2D eigenvalue weighted by Gasteiger charge is -2.08. The first-order chi connectivity index (χ1) is 9.38. The SMILES string of the molecule is Cc1ccc(-c2nnc(S(N)(=O)=O)n2C2CC2)cc1Cl. The molecule has 1 aromatic heterocycles. The number of primary sulfonamides is 1. The molecule has 20 heavy (non-hydrogen) atoms. The molecule has 6 nitrogen and oxygen atoms in total. The van der Waals surface area contributed by atoms with Crippen molar-refractivity contribution in [1.29, 1.82) is 0 Å². The van der Waals surface area contributed by atoms with Gasteiger partial charge in [-0.2, -0.15) is 0 Å². The minimum Gasteiger partial charge on any atom is -0.294 e. The van der Waals surface area contributed by atoms with Gasteiger partial charge in [0.2, 0.25) is 0 Å². The van der Waals surface area contributed by atoms with Crippen LogP contribution >= 0.6 is 11.6 Å². The van der Waals surface area contributed by atoms with Crippen molar-refractivity contribution in [2.45, 2.75) is 31.0 Å². The molecule has 0 radical (unpaired) electrons. The summed E-state index contributed by atoms with van der Waals surface area (Å²) in [7, 11) is -3.89. The van der Waals surface area contributed by atoms with Crippen LogP contribution in [-0.2, 0) is 10.0 Å². The van der Waals surface area contributed by atoms with Crippen LogP contribution in [0.1, 0.15) is 24.4 Å². The number of hydrogen-bond donors (Lipinski definition) is 1. The van der Waals surface area contributed by atoms with Crippen LogP contribution in [0.2, 0.25) is 5.02 Å². The summed E-state index contributed by atoms with van der Waals surface area (Å²) in [6.07, 6.45) is 1.79. The molecule has 1 aliphatic rings. The average Bonchev–Trinajstić information content (AvgIpc) is 3.10. The van der Waals surface area contributed by atoms with Crippen LogP contribution in [-0.4, -0.2) is 23.2 Å². The van der Waals surface area contributed by atoms with Crippen molar-refractivity contribution in [2.75, 3.05) is 0 Å². The Morgan fingerprint density at radius 2 is 2.05 bits per heavy atom. The Kier molecular flexibility index (Phi) is 3.07. The average molecular weight is 313 g/mol. The zero-order chi connectivity index (χ0) is 14.5. The summed E-state index contributed by atoms with van der Waals surface area (Å²) in [5.41, 5.74) is 1.68. The van der Waals surface area contributed by atoms with E-state index in [2.05, 4.69) is 10.2 Å². The highest BCUT2D eigenvalue weighted by molar-refractivity contribution is 7.89. The molecule has 1 heterocycles. The van der Waals surface area contributed by atoms with Crippen molar-refractivity contribution in [3.05, 3.63) is 28.8 Å². The predicted molar refractivity (Wildman–Crippen MR) is 74.8 cm³/mol. The van der Waals surface area contributed by atoms with Gasteiger partial charge in [-0.25, -0.2) is 13.6 Å². The van der Waals surface area contributed by atoms with E-state index in [1.165, 1.54) is 0 Å². The quantitative estimate of drug-likeness (QED) is 0.937. The summed E-state index contributed by atoms with van der Waals surface area (Å²) in [6.45, 7) is 1.90. The Morgan fingerprint density at radius 3 is 2.60 bits per heavy atom. The fourth-order valence-corrected chi connectivity index (χ4v) is 2.91. The molecule has 0 spiro atoms. The summed E-state index contributed by atoms with van der Waals surface area (Å²) in [5, 5.41) is 13.3. The third-order valence-electron chi connectivity index (χ3n) is 3.26. The van der Waals surface area contributed by atoms with Crippen molar-refractivity contribution < 1.29 is 8.42 Å². The molecule has 0 aliphatic heterocycles. The van der Waals surface area contributed by atoms with Gasteiger partial charge in [-0.3, -0.25) is 4.57 Å². The van der Waals surface area contributed by atoms with Crippen LogP contribution < -0.4 is 5.14 Å². The zero-order valence-electron chi connectivity index (χ0n) is 10.7. The normalized spacial score (nSPS) is 15.6. The van der Waals surface area contributed by atoms with E-state index in [9.17, 15) is 8.42 Å². The molecule has 1 saturated carbocycles. The lowest BCUT2D eigenvalue weighted by atomic mass is 10.1. The number of nitrogens with two attached hydrogens (primary N) is 1. The van der Waals surface area contributed by atoms with E-state index in [1.54, 1.807) is 10.6 Å². The lowest BCUT2D eigenvalue weighted by Crippen LogP contribution is -2.18. The molecular formula is C12H13ClN4O2S. The number of aryl methyl sites for hydroxylation is 1. The number of nitrogens with zero attached hydrogens (tertiary/aromatic N) is 3. The first-order valence-electron chi connectivity index (χ1n) is 6.12. The van der Waals surface area contributed by atoms with Crippen LogP contribution in [0.4, 0.5) is 0 Å². The molecule has 0 bridgehead atoms. The molecular weight excluding hydrogens is 300 g/mol.